The molecule has 0 bridgehead atoms. The summed E-state index contributed by atoms with van der Waals surface area (Å²) in [7, 11) is 0. The van der Waals surface area contributed by atoms with Crippen LogP contribution in [0.2, 0.25) is 0 Å². The number of hydrogen-bond donors (Lipinski definition) is 1. The van der Waals surface area contributed by atoms with Crippen molar-refractivity contribution in [1.29, 1.82) is 0 Å². The maximum Gasteiger partial charge on any atom is 0.411 e. The van der Waals surface area contributed by atoms with Crippen LogP contribution in [0.5, 0.6) is 0 Å². The van der Waals surface area contributed by atoms with Gasteiger partial charge < -0.3 is 14.5 Å². The van der Waals surface area contributed by atoms with Crippen molar-refractivity contribution in [2.75, 3.05) is 31.0 Å². The molecule has 0 aliphatic rings. The second-order valence-corrected chi connectivity index (χ2v) is 3.41. The van der Waals surface area contributed by atoms with Crippen molar-refractivity contribution in [3.05, 3.63) is 5.89 Å². The second-order valence-electron chi connectivity index (χ2n) is 3.03. The van der Waals surface area contributed by atoms with Gasteiger partial charge in [0.15, 0.2) is 0 Å². The van der Waals surface area contributed by atoms with E-state index in [0.717, 1.165) is 0 Å². The first kappa shape index (κ1) is 14.0. The summed E-state index contributed by atoms with van der Waals surface area (Å²) >= 11 is 5.46. The smallest absolute Gasteiger partial charge is 0.408 e. The molecule has 1 N–H and O–H groups in total. The van der Waals surface area contributed by atoms with Gasteiger partial charge in [0.05, 0.1) is 6.61 Å². The zero-order valence-corrected chi connectivity index (χ0v) is 9.51. The van der Waals surface area contributed by atoms with Gasteiger partial charge in [0.25, 0.3) is 0 Å². The van der Waals surface area contributed by atoms with E-state index in [1.54, 1.807) is 0 Å². The summed E-state index contributed by atoms with van der Waals surface area (Å²) < 4.78 is 44.5. The van der Waals surface area contributed by atoms with Gasteiger partial charge in [0, 0.05) is 18.8 Å². The van der Waals surface area contributed by atoms with Crippen LogP contribution >= 0.6 is 11.6 Å². The monoisotopic (exact) mass is 273 g/mol. The Morgan fingerprint density at radius 1 is 1.35 bits per heavy atom. The summed E-state index contributed by atoms with van der Waals surface area (Å²) in [6, 6.07) is 0.140. The topological polar surface area (TPSA) is 60.2 Å². The highest BCUT2D eigenvalue weighted by atomic mass is 35.5. The third-order valence-electron chi connectivity index (χ3n) is 1.56. The van der Waals surface area contributed by atoms with Crippen LogP contribution in [0, 0.1) is 0 Å². The van der Waals surface area contributed by atoms with Gasteiger partial charge in [-0.3, -0.25) is 0 Å². The molecule has 1 heterocycles. The number of alkyl halides is 4. The predicted molar refractivity (Wildman–Crippen MR) is 54.1 cm³/mol. The highest BCUT2D eigenvalue weighted by Gasteiger charge is 2.27. The van der Waals surface area contributed by atoms with E-state index in [1.807, 2.05) is 0 Å². The number of rotatable bonds is 7. The average Bonchev–Trinajstić information content (AvgIpc) is 2.64. The number of aromatic nitrogens is 2. The summed E-state index contributed by atoms with van der Waals surface area (Å²) in [6.45, 7) is -1.22. The number of ether oxygens (including phenoxy) is 1. The minimum Gasteiger partial charge on any atom is -0.408 e. The summed E-state index contributed by atoms with van der Waals surface area (Å²) in [4.78, 5) is 0. The Morgan fingerprint density at radius 3 is 2.76 bits per heavy atom. The number of nitrogens with zero attached hydrogens (tertiary/aromatic N) is 2. The van der Waals surface area contributed by atoms with Crippen LogP contribution in [0.4, 0.5) is 19.2 Å². The first-order chi connectivity index (χ1) is 8.01. The molecular formula is C8H11ClF3N3O2. The SMILES string of the molecule is FC(F)(F)COCCNc1nnc(CCCl)o1. The van der Waals surface area contributed by atoms with Gasteiger partial charge in [-0.05, 0) is 0 Å². The van der Waals surface area contributed by atoms with Crippen LogP contribution in [0.3, 0.4) is 0 Å². The zero-order chi connectivity index (χ0) is 12.7. The Labute approximate surface area is 100 Å². The van der Waals surface area contributed by atoms with Gasteiger partial charge in [0.2, 0.25) is 5.89 Å². The van der Waals surface area contributed by atoms with Crippen molar-refractivity contribution < 1.29 is 22.3 Å². The van der Waals surface area contributed by atoms with E-state index in [9.17, 15) is 13.2 Å². The van der Waals surface area contributed by atoms with Gasteiger partial charge in [-0.2, -0.15) is 13.2 Å². The maximum atomic E-state index is 11.7. The highest BCUT2D eigenvalue weighted by molar-refractivity contribution is 6.17. The maximum absolute atomic E-state index is 11.7. The number of halogens is 4. The lowest BCUT2D eigenvalue weighted by Gasteiger charge is -2.07. The Hall–Kier alpha value is -1.02. The van der Waals surface area contributed by atoms with E-state index >= 15 is 0 Å². The predicted octanol–water partition coefficient (Wildman–Crippen LogP) is 1.84. The fourth-order valence-corrected chi connectivity index (χ4v) is 1.09. The number of nitrogens with one attached hydrogen (secondary N) is 1. The molecule has 0 radical (unpaired) electrons. The van der Waals surface area contributed by atoms with Gasteiger partial charge in [-0.1, -0.05) is 5.10 Å². The summed E-state index contributed by atoms with van der Waals surface area (Å²) in [5.41, 5.74) is 0. The van der Waals surface area contributed by atoms with Crippen LogP contribution in [-0.4, -0.2) is 42.0 Å². The standard InChI is InChI=1S/C8H11ClF3N3O2/c9-2-1-6-14-15-7(17-6)13-3-4-16-5-8(10,11)12/h1-5H2,(H,13,15). The molecule has 98 valence electrons. The molecule has 1 aromatic heterocycles. The molecule has 0 aliphatic carbocycles. The third-order valence-corrected chi connectivity index (χ3v) is 1.75. The average molecular weight is 274 g/mol. The molecular weight excluding hydrogens is 263 g/mol. The number of hydrogen-bond acceptors (Lipinski definition) is 5. The van der Waals surface area contributed by atoms with Crippen LogP contribution in [0.1, 0.15) is 5.89 Å². The highest BCUT2D eigenvalue weighted by Crippen LogP contribution is 2.14. The van der Waals surface area contributed by atoms with E-state index in [-0.39, 0.29) is 19.2 Å². The van der Waals surface area contributed by atoms with Crippen LogP contribution in [0.15, 0.2) is 4.42 Å². The normalized spacial score (nSPS) is 11.8. The van der Waals surface area contributed by atoms with Gasteiger partial charge in [0.1, 0.15) is 6.61 Å². The molecule has 0 spiro atoms. The molecule has 0 unspecified atom stereocenters. The van der Waals surface area contributed by atoms with E-state index in [0.29, 0.717) is 18.2 Å². The first-order valence-corrected chi connectivity index (χ1v) is 5.31. The zero-order valence-electron chi connectivity index (χ0n) is 8.76. The van der Waals surface area contributed by atoms with Gasteiger partial charge >= 0.3 is 12.2 Å². The molecule has 0 saturated carbocycles. The van der Waals surface area contributed by atoms with E-state index in [4.69, 9.17) is 16.0 Å². The van der Waals surface area contributed by atoms with Crippen molar-refractivity contribution in [2.24, 2.45) is 0 Å². The molecule has 9 heteroatoms. The van der Waals surface area contributed by atoms with E-state index in [2.05, 4.69) is 20.3 Å². The van der Waals surface area contributed by atoms with Crippen molar-refractivity contribution in [1.82, 2.24) is 10.2 Å². The molecule has 0 fully saturated rings. The quantitative estimate of drug-likeness (QED) is 0.607. The lowest BCUT2D eigenvalue weighted by Crippen LogP contribution is -2.20. The fraction of sp³-hybridized carbons (Fsp3) is 0.750. The fourth-order valence-electron chi connectivity index (χ4n) is 0.925. The molecule has 0 amide bonds. The molecule has 17 heavy (non-hydrogen) atoms. The molecule has 5 nitrogen and oxygen atoms in total. The first-order valence-electron chi connectivity index (χ1n) is 4.78. The van der Waals surface area contributed by atoms with E-state index in [1.165, 1.54) is 0 Å². The van der Waals surface area contributed by atoms with Crippen LogP contribution < -0.4 is 5.32 Å². The Bertz CT molecular complexity index is 332. The lowest BCUT2D eigenvalue weighted by atomic mass is 10.5. The van der Waals surface area contributed by atoms with Crippen LogP contribution in [-0.2, 0) is 11.2 Å². The van der Waals surface area contributed by atoms with Crippen molar-refractivity contribution in [2.45, 2.75) is 12.6 Å². The largest absolute Gasteiger partial charge is 0.411 e. The number of aryl methyl sites for hydroxylation is 1. The molecule has 0 atom stereocenters. The Morgan fingerprint density at radius 2 is 2.12 bits per heavy atom. The second kappa shape index (κ2) is 6.65. The summed E-state index contributed by atoms with van der Waals surface area (Å²) in [6.07, 6.45) is -3.86. The van der Waals surface area contributed by atoms with E-state index < -0.39 is 12.8 Å². The Balaban J connectivity index is 2.13. The van der Waals surface area contributed by atoms with Crippen LogP contribution in [0.25, 0.3) is 0 Å². The lowest BCUT2D eigenvalue weighted by molar-refractivity contribution is -0.172. The summed E-state index contributed by atoms with van der Waals surface area (Å²) in [5, 5.41) is 9.91. The summed E-state index contributed by atoms with van der Waals surface area (Å²) in [5.74, 6) is 0.731. The molecule has 1 rings (SSSR count). The molecule has 1 aromatic rings. The molecule has 0 aromatic carbocycles. The van der Waals surface area contributed by atoms with Gasteiger partial charge in [-0.15, -0.1) is 16.7 Å². The van der Waals surface area contributed by atoms with Crippen molar-refractivity contribution in [3.8, 4) is 0 Å². The van der Waals surface area contributed by atoms with Crippen molar-refractivity contribution in [3.63, 3.8) is 0 Å². The molecule has 0 aliphatic heterocycles. The minimum atomic E-state index is -4.31. The van der Waals surface area contributed by atoms with Gasteiger partial charge in [-0.25, -0.2) is 0 Å². The molecule has 0 saturated heterocycles. The minimum absolute atomic E-state index is 0.104. The number of anilines is 1. The third kappa shape index (κ3) is 6.32. The Kier molecular flexibility index (Phi) is 5.49. The van der Waals surface area contributed by atoms with Crippen molar-refractivity contribution >= 4 is 17.6 Å².